The van der Waals surface area contributed by atoms with E-state index < -0.39 is 11.7 Å². The van der Waals surface area contributed by atoms with E-state index in [0.29, 0.717) is 16.8 Å². The van der Waals surface area contributed by atoms with Gasteiger partial charge in [-0.1, -0.05) is 6.07 Å². The van der Waals surface area contributed by atoms with Gasteiger partial charge in [0.25, 0.3) is 17.6 Å². The zero-order valence-corrected chi connectivity index (χ0v) is 10.4. The highest BCUT2D eigenvalue weighted by atomic mass is 16.2. The summed E-state index contributed by atoms with van der Waals surface area (Å²) >= 11 is 0. The van der Waals surface area contributed by atoms with Gasteiger partial charge >= 0.3 is 0 Å². The molecule has 0 aromatic heterocycles. The maximum absolute atomic E-state index is 12.4. The van der Waals surface area contributed by atoms with Gasteiger partial charge in [0, 0.05) is 13.1 Å². The number of hydrogen-bond donors (Lipinski definition) is 1. The van der Waals surface area contributed by atoms with E-state index in [2.05, 4.69) is 5.32 Å². The molecule has 98 valence electrons. The van der Waals surface area contributed by atoms with Gasteiger partial charge in [0.2, 0.25) is 0 Å². The topological polar surface area (TPSA) is 66.5 Å². The molecular formula is C14H14N2O3. The van der Waals surface area contributed by atoms with Crippen LogP contribution in [0.25, 0.3) is 0 Å². The first-order valence-electron chi connectivity index (χ1n) is 6.46. The lowest BCUT2D eigenvalue weighted by atomic mass is 10.0. The van der Waals surface area contributed by atoms with Crippen LogP contribution < -0.4 is 5.32 Å². The number of carbonyl (C=O) groups excluding carboxylic acids is 3. The third kappa shape index (κ3) is 1.91. The normalized spacial score (nSPS) is 18.2. The molecule has 0 saturated carbocycles. The minimum absolute atomic E-state index is 0.105. The van der Waals surface area contributed by atoms with Gasteiger partial charge in [-0.15, -0.1) is 0 Å². The van der Waals surface area contributed by atoms with E-state index in [4.69, 9.17) is 0 Å². The number of fused-ring (bicyclic) bond motifs is 1. The first-order chi connectivity index (χ1) is 9.18. The fourth-order valence-corrected chi connectivity index (χ4v) is 2.61. The van der Waals surface area contributed by atoms with Crippen molar-refractivity contribution < 1.29 is 14.4 Å². The van der Waals surface area contributed by atoms with E-state index in [-0.39, 0.29) is 5.91 Å². The average Bonchev–Trinajstić information content (AvgIpc) is 2.75. The van der Waals surface area contributed by atoms with E-state index >= 15 is 0 Å². The standard InChI is InChI=1S/C14H14N2O3/c17-12-9-5-4-6-10(11(9)15-13(12)18)14(19)16-7-2-1-3-8-16/h4-6H,1-3,7-8H2,(H,15,17,18). The Labute approximate surface area is 110 Å². The average molecular weight is 258 g/mol. The van der Waals surface area contributed by atoms with Gasteiger partial charge in [-0.25, -0.2) is 0 Å². The van der Waals surface area contributed by atoms with Crippen LogP contribution in [0.3, 0.4) is 0 Å². The monoisotopic (exact) mass is 258 g/mol. The lowest BCUT2D eigenvalue weighted by molar-refractivity contribution is -0.112. The van der Waals surface area contributed by atoms with Crippen molar-refractivity contribution >= 4 is 23.3 Å². The van der Waals surface area contributed by atoms with E-state index in [1.165, 1.54) is 0 Å². The van der Waals surface area contributed by atoms with Crippen LogP contribution in [-0.4, -0.2) is 35.6 Å². The first-order valence-corrected chi connectivity index (χ1v) is 6.46. The number of benzene rings is 1. The van der Waals surface area contributed by atoms with Crippen molar-refractivity contribution in [2.24, 2.45) is 0 Å². The number of likely N-dealkylation sites (tertiary alicyclic amines) is 1. The third-order valence-electron chi connectivity index (χ3n) is 3.63. The predicted molar refractivity (Wildman–Crippen MR) is 69.2 cm³/mol. The molecule has 5 heteroatoms. The fourth-order valence-electron chi connectivity index (χ4n) is 2.61. The summed E-state index contributed by atoms with van der Waals surface area (Å²) in [6.45, 7) is 1.48. The van der Waals surface area contributed by atoms with Crippen LogP contribution in [0.4, 0.5) is 5.69 Å². The van der Waals surface area contributed by atoms with Gasteiger partial charge in [-0.3, -0.25) is 14.4 Å². The SMILES string of the molecule is O=C1Nc2c(cccc2C(=O)N2CCCCC2)C1=O. The van der Waals surface area contributed by atoms with Crippen molar-refractivity contribution in [2.45, 2.75) is 19.3 Å². The molecule has 5 nitrogen and oxygen atoms in total. The summed E-state index contributed by atoms with van der Waals surface area (Å²) in [7, 11) is 0. The minimum Gasteiger partial charge on any atom is -0.339 e. The second-order valence-electron chi connectivity index (χ2n) is 4.86. The lowest BCUT2D eigenvalue weighted by Gasteiger charge is -2.27. The number of carbonyl (C=O) groups is 3. The molecule has 0 unspecified atom stereocenters. The number of Topliss-reactive ketones (excluding diaryl/α,β-unsaturated/α-hetero) is 1. The lowest BCUT2D eigenvalue weighted by Crippen LogP contribution is -2.35. The second-order valence-corrected chi connectivity index (χ2v) is 4.86. The van der Waals surface area contributed by atoms with Gasteiger partial charge in [0.05, 0.1) is 16.8 Å². The Morgan fingerprint density at radius 1 is 1.11 bits per heavy atom. The van der Waals surface area contributed by atoms with Crippen LogP contribution in [0.1, 0.15) is 40.0 Å². The van der Waals surface area contributed by atoms with Crippen LogP contribution in [-0.2, 0) is 4.79 Å². The van der Waals surface area contributed by atoms with Crippen LogP contribution in [0.15, 0.2) is 18.2 Å². The highest BCUT2D eigenvalue weighted by Crippen LogP contribution is 2.28. The Morgan fingerprint density at radius 2 is 1.84 bits per heavy atom. The number of amides is 2. The molecule has 1 aromatic rings. The molecule has 2 aliphatic heterocycles. The summed E-state index contributed by atoms with van der Waals surface area (Å²) in [5.41, 5.74) is 1.08. The molecule has 1 fully saturated rings. The molecule has 3 rings (SSSR count). The number of nitrogens with one attached hydrogen (secondary N) is 1. The van der Waals surface area contributed by atoms with Gasteiger partial charge < -0.3 is 10.2 Å². The third-order valence-corrected chi connectivity index (χ3v) is 3.63. The van der Waals surface area contributed by atoms with E-state index in [1.807, 2.05) is 0 Å². The maximum Gasteiger partial charge on any atom is 0.296 e. The number of piperidine rings is 1. The van der Waals surface area contributed by atoms with Crippen LogP contribution in [0.5, 0.6) is 0 Å². The van der Waals surface area contributed by atoms with Gasteiger partial charge in [0.1, 0.15) is 0 Å². The number of ketones is 1. The van der Waals surface area contributed by atoms with Crippen LogP contribution in [0.2, 0.25) is 0 Å². The number of rotatable bonds is 1. The molecule has 0 radical (unpaired) electrons. The molecule has 0 aliphatic carbocycles. The molecule has 0 atom stereocenters. The number of para-hydroxylation sites is 1. The Hall–Kier alpha value is -2.17. The van der Waals surface area contributed by atoms with E-state index in [0.717, 1.165) is 32.4 Å². The molecule has 0 bridgehead atoms. The van der Waals surface area contributed by atoms with Crippen molar-refractivity contribution in [1.82, 2.24) is 4.90 Å². The Morgan fingerprint density at radius 3 is 2.58 bits per heavy atom. The highest BCUT2D eigenvalue weighted by molar-refractivity contribution is 6.52. The van der Waals surface area contributed by atoms with E-state index in [9.17, 15) is 14.4 Å². The zero-order valence-electron chi connectivity index (χ0n) is 10.4. The Kier molecular flexibility index (Phi) is 2.81. The van der Waals surface area contributed by atoms with Gasteiger partial charge in [0.15, 0.2) is 0 Å². The summed E-state index contributed by atoms with van der Waals surface area (Å²) in [6, 6.07) is 4.88. The Balaban J connectivity index is 1.96. The van der Waals surface area contributed by atoms with Crippen molar-refractivity contribution in [2.75, 3.05) is 18.4 Å². The minimum atomic E-state index is -0.658. The Bertz CT molecular complexity index is 574. The van der Waals surface area contributed by atoms with Crippen LogP contribution >= 0.6 is 0 Å². The quantitative estimate of drug-likeness (QED) is 0.775. The largest absolute Gasteiger partial charge is 0.339 e. The summed E-state index contributed by atoms with van der Waals surface area (Å²) < 4.78 is 0. The molecule has 2 amide bonds. The highest BCUT2D eigenvalue weighted by Gasteiger charge is 2.32. The first kappa shape index (κ1) is 11.9. The molecule has 0 spiro atoms. The smallest absolute Gasteiger partial charge is 0.296 e. The predicted octanol–water partition coefficient (Wildman–Crippen LogP) is 1.45. The van der Waals surface area contributed by atoms with Crippen molar-refractivity contribution in [3.05, 3.63) is 29.3 Å². The molecular weight excluding hydrogens is 244 g/mol. The van der Waals surface area contributed by atoms with Gasteiger partial charge in [-0.2, -0.15) is 0 Å². The molecule has 2 aliphatic rings. The summed E-state index contributed by atoms with van der Waals surface area (Å²) in [6.07, 6.45) is 3.16. The van der Waals surface area contributed by atoms with Gasteiger partial charge in [-0.05, 0) is 31.4 Å². The summed E-state index contributed by atoms with van der Waals surface area (Å²) in [5.74, 6) is -1.33. The van der Waals surface area contributed by atoms with Crippen molar-refractivity contribution in [3.8, 4) is 0 Å². The van der Waals surface area contributed by atoms with Crippen molar-refractivity contribution in [3.63, 3.8) is 0 Å². The maximum atomic E-state index is 12.4. The molecule has 1 saturated heterocycles. The summed E-state index contributed by atoms with van der Waals surface area (Å²) in [5, 5.41) is 2.50. The summed E-state index contributed by atoms with van der Waals surface area (Å²) in [4.78, 5) is 37.2. The van der Waals surface area contributed by atoms with Crippen LogP contribution in [0, 0.1) is 0 Å². The second kappa shape index (κ2) is 4.50. The van der Waals surface area contributed by atoms with E-state index in [1.54, 1.807) is 23.1 Å². The van der Waals surface area contributed by atoms with Crippen molar-refractivity contribution in [1.29, 1.82) is 0 Å². The molecule has 1 N–H and O–H groups in total. The molecule has 19 heavy (non-hydrogen) atoms. The number of nitrogens with zero attached hydrogens (tertiary/aromatic N) is 1. The molecule has 1 aromatic carbocycles. The number of hydrogen-bond acceptors (Lipinski definition) is 3. The number of anilines is 1. The zero-order chi connectivity index (χ0) is 13.4. The fraction of sp³-hybridized carbons (Fsp3) is 0.357. The molecule has 2 heterocycles.